The van der Waals surface area contributed by atoms with Gasteiger partial charge in [0.1, 0.15) is 16.4 Å². The van der Waals surface area contributed by atoms with Crippen LogP contribution < -0.4 is 0 Å². The van der Waals surface area contributed by atoms with Gasteiger partial charge in [0, 0.05) is 24.8 Å². The van der Waals surface area contributed by atoms with Crippen molar-refractivity contribution < 1.29 is 13.2 Å². The van der Waals surface area contributed by atoms with Gasteiger partial charge in [-0.3, -0.25) is 4.79 Å². The molecule has 2 heterocycles. The molecule has 0 unspecified atom stereocenters. The van der Waals surface area contributed by atoms with Crippen LogP contribution in [-0.4, -0.2) is 48.4 Å². The zero-order chi connectivity index (χ0) is 15.7. The third-order valence-corrected chi connectivity index (χ3v) is 6.17. The summed E-state index contributed by atoms with van der Waals surface area (Å²) >= 11 is 0. The van der Waals surface area contributed by atoms with E-state index >= 15 is 0 Å². The predicted molar refractivity (Wildman–Crippen MR) is 86.4 cm³/mol. The second kappa shape index (κ2) is 5.76. The lowest BCUT2D eigenvalue weighted by Gasteiger charge is -2.31. The van der Waals surface area contributed by atoms with Gasteiger partial charge in [0.15, 0.2) is 0 Å². The van der Waals surface area contributed by atoms with E-state index in [1.54, 1.807) is 11.9 Å². The highest BCUT2D eigenvalue weighted by Gasteiger charge is 2.28. The van der Waals surface area contributed by atoms with Crippen LogP contribution in [0.25, 0.3) is 10.9 Å². The highest BCUT2D eigenvalue weighted by molar-refractivity contribution is 7.91. The van der Waals surface area contributed by atoms with Crippen LogP contribution in [0.4, 0.5) is 0 Å². The van der Waals surface area contributed by atoms with Crippen molar-refractivity contribution in [1.82, 2.24) is 9.47 Å². The maximum absolute atomic E-state index is 12.5. The minimum atomic E-state index is -2.90. The van der Waals surface area contributed by atoms with E-state index in [2.05, 4.69) is 0 Å². The molecular weight excluding hydrogens is 300 g/mol. The number of rotatable bonds is 3. The lowest BCUT2D eigenvalue weighted by molar-refractivity contribution is -0.132. The molecule has 5 nitrogen and oxygen atoms in total. The minimum Gasteiger partial charge on any atom is -0.341 e. The first-order chi connectivity index (χ1) is 10.5. The Balaban J connectivity index is 1.69. The number of benzene rings is 1. The van der Waals surface area contributed by atoms with E-state index < -0.39 is 9.84 Å². The summed E-state index contributed by atoms with van der Waals surface area (Å²) in [7, 11) is -1.12. The lowest BCUT2D eigenvalue weighted by Crippen LogP contribution is -2.43. The molecule has 1 aromatic heterocycles. The van der Waals surface area contributed by atoms with Crippen LogP contribution in [0.15, 0.2) is 36.5 Å². The van der Waals surface area contributed by atoms with Crippen molar-refractivity contribution in [2.45, 2.75) is 25.4 Å². The molecule has 118 valence electrons. The zero-order valence-electron chi connectivity index (χ0n) is 12.6. The number of hydrogen-bond acceptors (Lipinski definition) is 3. The third kappa shape index (κ3) is 3.02. The number of fused-ring (bicyclic) bond motifs is 1. The summed E-state index contributed by atoms with van der Waals surface area (Å²) in [5.74, 6) is 0.384. The number of nitrogens with zero attached hydrogens (tertiary/aromatic N) is 2. The summed E-state index contributed by atoms with van der Waals surface area (Å²) in [6.07, 6.45) is 3.00. The normalized spacial score (nSPS) is 18.4. The third-order valence-electron chi connectivity index (χ3n) is 4.45. The van der Waals surface area contributed by atoms with Crippen molar-refractivity contribution in [3.63, 3.8) is 0 Å². The topological polar surface area (TPSA) is 59.4 Å². The summed E-state index contributed by atoms with van der Waals surface area (Å²) in [4.78, 5) is 14.2. The minimum absolute atomic E-state index is 0.0191. The fraction of sp³-hybridized carbons (Fsp3) is 0.438. The number of carbonyl (C=O) groups excluding carboxylic acids is 1. The van der Waals surface area contributed by atoms with Gasteiger partial charge in [-0.2, -0.15) is 0 Å². The Morgan fingerprint density at radius 3 is 2.64 bits per heavy atom. The average Bonchev–Trinajstić information content (AvgIpc) is 2.90. The van der Waals surface area contributed by atoms with E-state index in [1.807, 2.05) is 41.1 Å². The van der Waals surface area contributed by atoms with Gasteiger partial charge in [0.25, 0.3) is 0 Å². The second-order valence-electron chi connectivity index (χ2n) is 5.89. The predicted octanol–water partition coefficient (Wildman–Crippen LogP) is 1.68. The Hall–Kier alpha value is -1.82. The molecule has 22 heavy (non-hydrogen) atoms. The van der Waals surface area contributed by atoms with Crippen molar-refractivity contribution in [2.75, 3.05) is 18.6 Å². The van der Waals surface area contributed by atoms with Gasteiger partial charge in [-0.05, 0) is 30.4 Å². The fourth-order valence-corrected chi connectivity index (χ4v) is 4.47. The molecule has 1 aliphatic heterocycles. The van der Waals surface area contributed by atoms with Gasteiger partial charge in [-0.1, -0.05) is 18.2 Å². The van der Waals surface area contributed by atoms with E-state index in [9.17, 15) is 13.2 Å². The van der Waals surface area contributed by atoms with Crippen LogP contribution in [0.5, 0.6) is 0 Å². The van der Waals surface area contributed by atoms with Crippen molar-refractivity contribution >= 4 is 26.6 Å². The molecule has 0 saturated carbocycles. The summed E-state index contributed by atoms with van der Waals surface area (Å²) in [5, 5.41) is 1.11. The molecule has 0 N–H and O–H groups in total. The number of aromatic nitrogens is 1. The zero-order valence-corrected chi connectivity index (χ0v) is 13.4. The molecule has 0 aliphatic carbocycles. The van der Waals surface area contributed by atoms with Crippen LogP contribution in [0, 0.1) is 0 Å². The molecule has 0 spiro atoms. The average molecular weight is 320 g/mol. The summed E-state index contributed by atoms with van der Waals surface area (Å²) in [6, 6.07) is 9.97. The van der Waals surface area contributed by atoms with Crippen molar-refractivity contribution in [2.24, 2.45) is 0 Å². The van der Waals surface area contributed by atoms with Crippen LogP contribution in [-0.2, 0) is 21.2 Å². The second-order valence-corrected chi connectivity index (χ2v) is 8.19. The number of likely N-dealkylation sites (N-methyl/N-ethyl adjacent to an activating group) is 1. The Labute approximate surface area is 130 Å². The van der Waals surface area contributed by atoms with Crippen LogP contribution in [0.2, 0.25) is 0 Å². The first-order valence-corrected chi connectivity index (χ1v) is 9.28. The molecule has 1 amide bonds. The smallest absolute Gasteiger partial charge is 0.242 e. The largest absolute Gasteiger partial charge is 0.341 e. The van der Waals surface area contributed by atoms with Gasteiger partial charge in [0.2, 0.25) is 5.91 Å². The summed E-state index contributed by atoms with van der Waals surface area (Å²) < 4.78 is 24.9. The molecule has 0 radical (unpaired) electrons. The van der Waals surface area contributed by atoms with Gasteiger partial charge in [0.05, 0.1) is 11.5 Å². The standard InChI is InChI=1S/C16H20N2O3S/c1-17(14-7-10-22(20,21)11-8-14)16(19)12-18-9-6-13-4-2-3-5-15(13)18/h2-6,9,14H,7-8,10-12H2,1H3. The summed E-state index contributed by atoms with van der Waals surface area (Å²) in [5.41, 5.74) is 1.04. The van der Waals surface area contributed by atoms with Gasteiger partial charge in [-0.25, -0.2) is 8.42 Å². The summed E-state index contributed by atoms with van der Waals surface area (Å²) in [6.45, 7) is 0.285. The number of para-hydroxylation sites is 1. The first kappa shape index (κ1) is 15.1. The number of hydrogen-bond donors (Lipinski definition) is 0. The molecular formula is C16H20N2O3S. The first-order valence-electron chi connectivity index (χ1n) is 7.46. The number of amides is 1. The Bertz CT molecular complexity index is 781. The Morgan fingerprint density at radius 1 is 1.23 bits per heavy atom. The van der Waals surface area contributed by atoms with E-state index in [-0.39, 0.29) is 30.0 Å². The van der Waals surface area contributed by atoms with E-state index in [1.165, 1.54) is 0 Å². The monoisotopic (exact) mass is 320 g/mol. The maximum Gasteiger partial charge on any atom is 0.242 e. The SMILES string of the molecule is CN(C(=O)Cn1ccc2ccccc21)C1CCS(=O)(=O)CC1. The highest BCUT2D eigenvalue weighted by atomic mass is 32.2. The van der Waals surface area contributed by atoms with Crippen LogP contribution in [0.1, 0.15) is 12.8 Å². The van der Waals surface area contributed by atoms with Crippen LogP contribution in [0.3, 0.4) is 0 Å². The molecule has 0 atom stereocenters. The van der Waals surface area contributed by atoms with Crippen molar-refractivity contribution in [3.05, 3.63) is 36.5 Å². The van der Waals surface area contributed by atoms with Gasteiger partial charge >= 0.3 is 0 Å². The molecule has 2 aromatic rings. The number of carbonyl (C=O) groups is 1. The van der Waals surface area contributed by atoms with Gasteiger partial charge in [-0.15, -0.1) is 0 Å². The van der Waals surface area contributed by atoms with Crippen molar-refractivity contribution in [3.8, 4) is 0 Å². The molecule has 1 aliphatic rings. The molecule has 1 aromatic carbocycles. The maximum atomic E-state index is 12.5. The molecule has 3 rings (SSSR count). The van der Waals surface area contributed by atoms with E-state index in [4.69, 9.17) is 0 Å². The van der Waals surface area contributed by atoms with Crippen LogP contribution >= 0.6 is 0 Å². The molecule has 1 saturated heterocycles. The Kier molecular flexibility index (Phi) is 3.95. The van der Waals surface area contributed by atoms with E-state index in [0.717, 1.165) is 10.9 Å². The molecule has 1 fully saturated rings. The van der Waals surface area contributed by atoms with Gasteiger partial charge < -0.3 is 9.47 Å². The quantitative estimate of drug-likeness (QED) is 0.864. The van der Waals surface area contributed by atoms with E-state index in [0.29, 0.717) is 12.8 Å². The Morgan fingerprint density at radius 2 is 1.91 bits per heavy atom. The lowest BCUT2D eigenvalue weighted by atomic mass is 10.1. The van der Waals surface area contributed by atoms with Crippen molar-refractivity contribution in [1.29, 1.82) is 0 Å². The highest BCUT2D eigenvalue weighted by Crippen LogP contribution is 2.19. The molecule has 6 heteroatoms. The number of sulfone groups is 1. The fourth-order valence-electron chi connectivity index (χ4n) is 3.00. The molecule has 0 bridgehead atoms.